The normalized spacial score (nSPS) is 22.9. The molecular weight excluding hydrogens is 254 g/mol. The number of amides is 1. The summed E-state index contributed by atoms with van der Waals surface area (Å²) in [5, 5.41) is 9.50. The number of carbonyl (C=O) groups is 1. The average molecular weight is 277 g/mol. The fraction of sp³-hybridized carbons (Fsp3) is 0.562. The molecule has 4 nitrogen and oxygen atoms in total. The van der Waals surface area contributed by atoms with Crippen LogP contribution < -0.4 is 0 Å². The van der Waals surface area contributed by atoms with Gasteiger partial charge in [-0.25, -0.2) is 4.79 Å². The van der Waals surface area contributed by atoms with Gasteiger partial charge in [0, 0.05) is 12.5 Å². The number of benzene rings is 1. The zero-order valence-corrected chi connectivity index (χ0v) is 12.4. The van der Waals surface area contributed by atoms with E-state index in [1.807, 2.05) is 39.0 Å². The van der Waals surface area contributed by atoms with Gasteiger partial charge in [-0.3, -0.25) is 0 Å². The van der Waals surface area contributed by atoms with E-state index in [-0.39, 0.29) is 24.7 Å². The molecular formula is C16H23NO3. The Balaban J connectivity index is 2.09. The van der Waals surface area contributed by atoms with Gasteiger partial charge in [0.1, 0.15) is 5.60 Å². The fourth-order valence-corrected chi connectivity index (χ4v) is 2.60. The van der Waals surface area contributed by atoms with Crippen LogP contribution in [-0.2, 0) is 4.74 Å². The highest BCUT2D eigenvalue weighted by Crippen LogP contribution is 2.32. The van der Waals surface area contributed by atoms with Crippen LogP contribution in [0.25, 0.3) is 0 Å². The third-order valence-electron chi connectivity index (χ3n) is 3.52. The second-order valence-electron chi connectivity index (χ2n) is 6.31. The van der Waals surface area contributed by atoms with Crippen LogP contribution in [0.4, 0.5) is 4.79 Å². The van der Waals surface area contributed by atoms with Gasteiger partial charge in [-0.2, -0.15) is 0 Å². The van der Waals surface area contributed by atoms with Crippen molar-refractivity contribution in [2.45, 2.75) is 44.8 Å². The van der Waals surface area contributed by atoms with Gasteiger partial charge in [0.2, 0.25) is 0 Å². The molecule has 1 heterocycles. The summed E-state index contributed by atoms with van der Waals surface area (Å²) in [5.74, 6) is 0.265. The zero-order valence-electron chi connectivity index (χ0n) is 12.4. The minimum Gasteiger partial charge on any atom is -0.444 e. The van der Waals surface area contributed by atoms with Crippen LogP contribution in [0.5, 0.6) is 0 Å². The number of aliphatic hydroxyl groups is 1. The van der Waals surface area contributed by atoms with E-state index in [2.05, 4.69) is 12.1 Å². The van der Waals surface area contributed by atoms with Crippen LogP contribution in [0, 0.1) is 0 Å². The molecule has 1 fully saturated rings. The van der Waals surface area contributed by atoms with Gasteiger partial charge in [0.15, 0.2) is 0 Å². The summed E-state index contributed by atoms with van der Waals surface area (Å²) in [6, 6.07) is 9.96. The molecule has 1 aromatic rings. The van der Waals surface area contributed by atoms with E-state index < -0.39 is 5.60 Å². The van der Waals surface area contributed by atoms with Crippen molar-refractivity contribution in [3.05, 3.63) is 35.9 Å². The molecule has 4 heteroatoms. The first-order valence-electron chi connectivity index (χ1n) is 7.06. The van der Waals surface area contributed by atoms with E-state index >= 15 is 0 Å². The van der Waals surface area contributed by atoms with E-state index in [4.69, 9.17) is 4.74 Å². The summed E-state index contributed by atoms with van der Waals surface area (Å²) < 4.78 is 5.41. The zero-order chi connectivity index (χ0) is 14.8. The SMILES string of the molecule is CC(C)(C)OC(=O)N1C[C@H](c2ccccc2)C[C@@H]1CO. The molecule has 1 aliphatic heterocycles. The molecule has 0 aliphatic carbocycles. The van der Waals surface area contributed by atoms with Gasteiger partial charge in [-0.15, -0.1) is 0 Å². The van der Waals surface area contributed by atoms with Crippen LogP contribution in [0.1, 0.15) is 38.7 Å². The van der Waals surface area contributed by atoms with E-state index in [0.717, 1.165) is 6.42 Å². The van der Waals surface area contributed by atoms with Crippen molar-refractivity contribution in [1.82, 2.24) is 4.90 Å². The van der Waals surface area contributed by atoms with E-state index in [1.54, 1.807) is 4.90 Å². The average Bonchev–Trinajstić information content (AvgIpc) is 2.82. The number of hydrogen-bond acceptors (Lipinski definition) is 3. The molecule has 0 bridgehead atoms. The highest BCUT2D eigenvalue weighted by Gasteiger charge is 2.37. The lowest BCUT2D eigenvalue weighted by Crippen LogP contribution is -2.41. The molecule has 20 heavy (non-hydrogen) atoms. The predicted molar refractivity (Wildman–Crippen MR) is 77.6 cm³/mol. The number of likely N-dealkylation sites (tertiary alicyclic amines) is 1. The Hall–Kier alpha value is -1.55. The molecule has 0 saturated carbocycles. The summed E-state index contributed by atoms with van der Waals surface area (Å²) in [6.07, 6.45) is 0.440. The Morgan fingerprint density at radius 1 is 1.35 bits per heavy atom. The van der Waals surface area contributed by atoms with Crippen LogP contribution in [0.3, 0.4) is 0 Å². The lowest BCUT2D eigenvalue weighted by Gasteiger charge is -2.27. The van der Waals surface area contributed by atoms with Gasteiger partial charge in [0.05, 0.1) is 12.6 Å². The number of rotatable bonds is 2. The first kappa shape index (κ1) is 14.9. The minimum atomic E-state index is -0.512. The van der Waals surface area contributed by atoms with Gasteiger partial charge in [-0.05, 0) is 32.8 Å². The van der Waals surface area contributed by atoms with Crippen molar-refractivity contribution >= 4 is 6.09 Å². The Labute approximate surface area is 120 Å². The quantitative estimate of drug-likeness (QED) is 0.904. The summed E-state index contributed by atoms with van der Waals surface area (Å²) in [5.41, 5.74) is 0.694. The minimum absolute atomic E-state index is 0.0252. The Morgan fingerprint density at radius 3 is 2.55 bits per heavy atom. The standard InChI is InChI=1S/C16H23NO3/c1-16(2,3)20-15(19)17-10-13(9-14(17)11-18)12-7-5-4-6-8-12/h4-8,13-14,18H,9-11H2,1-3H3/t13-,14-/m1/s1. The van der Waals surface area contributed by atoms with Crippen LogP contribution in [0.2, 0.25) is 0 Å². The number of ether oxygens (including phenoxy) is 1. The lowest BCUT2D eigenvalue weighted by molar-refractivity contribution is 0.0174. The third-order valence-corrected chi connectivity index (χ3v) is 3.52. The molecule has 2 rings (SSSR count). The predicted octanol–water partition coefficient (Wildman–Crippen LogP) is 2.77. The number of carbonyl (C=O) groups excluding carboxylic acids is 1. The molecule has 2 atom stereocenters. The molecule has 0 spiro atoms. The highest BCUT2D eigenvalue weighted by atomic mass is 16.6. The second-order valence-corrected chi connectivity index (χ2v) is 6.31. The van der Waals surface area contributed by atoms with Crippen molar-refractivity contribution in [1.29, 1.82) is 0 Å². The number of aliphatic hydroxyl groups excluding tert-OH is 1. The second kappa shape index (κ2) is 5.83. The summed E-state index contributed by atoms with van der Waals surface area (Å²) in [6.45, 7) is 6.13. The Bertz CT molecular complexity index is 453. The van der Waals surface area contributed by atoms with Gasteiger partial charge < -0.3 is 14.7 Å². The molecule has 110 valence electrons. The molecule has 1 aliphatic rings. The molecule has 0 unspecified atom stereocenters. The third kappa shape index (κ3) is 3.51. The monoisotopic (exact) mass is 277 g/mol. The maximum absolute atomic E-state index is 12.2. The highest BCUT2D eigenvalue weighted by molar-refractivity contribution is 5.69. The van der Waals surface area contributed by atoms with Crippen molar-refractivity contribution in [2.75, 3.05) is 13.2 Å². The first-order valence-corrected chi connectivity index (χ1v) is 7.06. The molecule has 1 saturated heterocycles. The number of nitrogens with zero attached hydrogens (tertiary/aromatic N) is 1. The Kier molecular flexibility index (Phi) is 4.33. The number of hydrogen-bond donors (Lipinski definition) is 1. The van der Waals surface area contributed by atoms with Crippen LogP contribution in [-0.4, -0.2) is 40.9 Å². The summed E-state index contributed by atoms with van der Waals surface area (Å²) >= 11 is 0. The van der Waals surface area contributed by atoms with Gasteiger partial charge in [-0.1, -0.05) is 30.3 Å². The van der Waals surface area contributed by atoms with Crippen molar-refractivity contribution in [3.63, 3.8) is 0 Å². The largest absolute Gasteiger partial charge is 0.444 e. The molecule has 1 aromatic carbocycles. The fourth-order valence-electron chi connectivity index (χ4n) is 2.60. The van der Waals surface area contributed by atoms with E-state index in [0.29, 0.717) is 6.54 Å². The maximum atomic E-state index is 12.2. The smallest absolute Gasteiger partial charge is 0.410 e. The molecule has 0 radical (unpaired) electrons. The van der Waals surface area contributed by atoms with Crippen molar-refractivity contribution in [3.8, 4) is 0 Å². The van der Waals surface area contributed by atoms with E-state index in [9.17, 15) is 9.90 Å². The lowest BCUT2D eigenvalue weighted by atomic mass is 9.97. The maximum Gasteiger partial charge on any atom is 0.410 e. The molecule has 0 aromatic heterocycles. The summed E-state index contributed by atoms with van der Waals surface area (Å²) in [7, 11) is 0. The van der Waals surface area contributed by atoms with Crippen molar-refractivity contribution in [2.24, 2.45) is 0 Å². The van der Waals surface area contributed by atoms with Crippen molar-refractivity contribution < 1.29 is 14.6 Å². The topological polar surface area (TPSA) is 49.8 Å². The molecule has 1 amide bonds. The first-order chi connectivity index (χ1) is 9.40. The van der Waals surface area contributed by atoms with Crippen LogP contribution in [0.15, 0.2) is 30.3 Å². The van der Waals surface area contributed by atoms with Gasteiger partial charge >= 0.3 is 6.09 Å². The Morgan fingerprint density at radius 2 is 2.00 bits per heavy atom. The van der Waals surface area contributed by atoms with Gasteiger partial charge in [0.25, 0.3) is 0 Å². The molecule has 1 N–H and O–H groups in total. The van der Waals surface area contributed by atoms with Crippen LogP contribution >= 0.6 is 0 Å². The van der Waals surface area contributed by atoms with E-state index in [1.165, 1.54) is 5.56 Å². The summed E-state index contributed by atoms with van der Waals surface area (Å²) in [4.78, 5) is 13.9.